The Morgan fingerprint density at radius 3 is 2.67 bits per heavy atom. The molecule has 0 saturated carbocycles. The number of tetrazole rings is 1. The van der Waals surface area contributed by atoms with Crippen LogP contribution in [0.15, 0.2) is 12.1 Å². The average molecular weight is 332 g/mol. The Labute approximate surface area is 138 Å². The van der Waals surface area contributed by atoms with Gasteiger partial charge in [0.2, 0.25) is 5.91 Å². The summed E-state index contributed by atoms with van der Waals surface area (Å²) in [5, 5.41) is 15.7. The molecule has 2 fully saturated rings. The van der Waals surface area contributed by atoms with Gasteiger partial charge >= 0.3 is 0 Å². The molecule has 10 nitrogen and oxygen atoms in total. The zero-order chi connectivity index (χ0) is 16.4. The lowest BCUT2D eigenvalue weighted by atomic mass is 10.3. The Hall–Kier alpha value is -2.33. The Morgan fingerprint density at radius 2 is 1.88 bits per heavy atom. The first kappa shape index (κ1) is 15.2. The van der Waals surface area contributed by atoms with Crippen molar-refractivity contribution in [2.75, 3.05) is 63.9 Å². The van der Waals surface area contributed by atoms with Gasteiger partial charge in [-0.25, -0.2) is 0 Å². The highest BCUT2D eigenvalue weighted by atomic mass is 16.5. The molecule has 0 N–H and O–H groups in total. The van der Waals surface area contributed by atoms with Crippen LogP contribution in [0.3, 0.4) is 0 Å². The summed E-state index contributed by atoms with van der Waals surface area (Å²) in [5.41, 5.74) is 0.633. The zero-order valence-electron chi connectivity index (χ0n) is 13.4. The Balaban J connectivity index is 1.32. The molecule has 4 heterocycles. The summed E-state index contributed by atoms with van der Waals surface area (Å²) in [6, 6.07) is 3.79. The first-order chi connectivity index (χ1) is 11.8. The maximum Gasteiger partial charge on any atom is 0.236 e. The molecule has 4 rings (SSSR count). The number of carbonyl (C=O) groups is 1. The van der Waals surface area contributed by atoms with E-state index >= 15 is 0 Å². The van der Waals surface area contributed by atoms with Crippen LogP contribution in [-0.2, 0) is 9.53 Å². The van der Waals surface area contributed by atoms with Crippen LogP contribution in [0.4, 0.5) is 5.82 Å². The van der Waals surface area contributed by atoms with E-state index in [2.05, 4.69) is 30.4 Å². The fourth-order valence-corrected chi connectivity index (χ4v) is 3.05. The second-order valence-corrected chi connectivity index (χ2v) is 5.97. The molecule has 0 bridgehead atoms. The van der Waals surface area contributed by atoms with Crippen molar-refractivity contribution in [3.05, 3.63) is 12.1 Å². The molecule has 128 valence electrons. The number of aromatic nitrogens is 5. The van der Waals surface area contributed by atoms with E-state index in [0.717, 1.165) is 32.0 Å². The third-order valence-corrected chi connectivity index (χ3v) is 4.47. The van der Waals surface area contributed by atoms with Gasteiger partial charge in [-0.1, -0.05) is 0 Å². The van der Waals surface area contributed by atoms with E-state index in [0.29, 0.717) is 38.5 Å². The number of piperazine rings is 1. The van der Waals surface area contributed by atoms with E-state index in [1.54, 1.807) is 0 Å². The van der Waals surface area contributed by atoms with Gasteiger partial charge in [0.25, 0.3) is 0 Å². The molecule has 2 saturated heterocycles. The minimum atomic E-state index is 0.194. The number of rotatable bonds is 3. The van der Waals surface area contributed by atoms with Crippen molar-refractivity contribution in [1.82, 2.24) is 35.1 Å². The number of anilines is 1. The summed E-state index contributed by atoms with van der Waals surface area (Å²) < 4.78 is 6.72. The summed E-state index contributed by atoms with van der Waals surface area (Å²) in [6.07, 6.45) is 0. The van der Waals surface area contributed by atoms with Crippen molar-refractivity contribution >= 4 is 17.4 Å². The van der Waals surface area contributed by atoms with Crippen LogP contribution in [0.2, 0.25) is 0 Å². The lowest BCUT2D eigenvalue weighted by molar-refractivity contribution is -0.136. The molecule has 2 aromatic heterocycles. The van der Waals surface area contributed by atoms with E-state index in [9.17, 15) is 4.79 Å². The molecule has 24 heavy (non-hydrogen) atoms. The smallest absolute Gasteiger partial charge is 0.236 e. The normalized spacial score (nSPS) is 19.8. The Morgan fingerprint density at radius 1 is 1.08 bits per heavy atom. The second kappa shape index (κ2) is 6.65. The summed E-state index contributed by atoms with van der Waals surface area (Å²) in [7, 11) is 0. The molecule has 2 aliphatic heterocycles. The van der Waals surface area contributed by atoms with Gasteiger partial charge in [0.1, 0.15) is 0 Å². The van der Waals surface area contributed by atoms with Crippen molar-refractivity contribution in [1.29, 1.82) is 0 Å². The Kier molecular flexibility index (Phi) is 4.22. The third kappa shape index (κ3) is 3.15. The average Bonchev–Trinajstić information content (AvgIpc) is 3.11. The quantitative estimate of drug-likeness (QED) is 0.671. The summed E-state index contributed by atoms with van der Waals surface area (Å²) in [4.78, 5) is 18.6. The van der Waals surface area contributed by atoms with Crippen molar-refractivity contribution in [3.8, 4) is 0 Å². The number of hydrogen-bond donors (Lipinski definition) is 0. The zero-order valence-corrected chi connectivity index (χ0v) is 13.4. The fraction of sp³-hybridized carbons (Fsp3) is 0.643. The predicted octanol–water partition coefficient (Wildman–Crippen LogP) is -1.50. The number of amides is 1. The first-order valence-corrected chi connectivity index (χ1v) is 8.18. The van der Waals surface area contributed by atoms with Gasteiger partial charge in [-0.15, -0.1) is 14.8 Å². The highest BCUT2D eigenvalue weighted by Gasteiger charge is 2.23. The maximum atomic E-state index is 12.3. The molecule has 0 spiro atoms. The molecule has 2 aromatic rings. The van der Waals surface area contributed by atoms with Crippen molar-refractivity contribution in [3.63, 3.8) is 0 Å². The van der Waals surface area contributed by atoms with Crippen molar-refractivity contribution in [2.24, 2.45) is 0 Å². The van der Waals surface area contributed by atoms with E-state index in [1.165, 1.54) is 4.63 Å². The van der Waals surface area contributed by atoms with Gasteiger partial charge in [-0.3, -0.25) is 9.69 Å². The van der Waals surface area contributed by atoms with Gasteiger partial charge in [-0.2, -0.15) is 0 Å². The molecule has 0 aromatic carbocycles. The minimum Gasteiger partial charge on any atom is -0.378 e. The number of nitrogens with zero attached hydrogens (tertiary/aromatic N) is 8. The molecule has 1 amide bonds. The number of fused-ring (bicyclic) bond motifs is 1. The van der Waals surface area contributed by atoms with E-state index in [4.69, 9.17) is 4.74 Å². The lowest BCUT2D eigenvalue weighted by Gasteiger charge is -2.36. The number of hydrogen-bond acceptors (Lipinski definition) is 8. The maximum absolute atomic E-state index is 12.3. The molecular formula is C14H20N8O2. The van der Waals surface area contributed by atoms with E-state index in [-0.39, 0.29) is 5.91 Å². The van der Waals surface area contributed by atoms with Gasteiger partial charge in [0, 0.05) is 39.3 Å². The molecule has 0 radical (unpaired) electrons. The lowest BCUT2D eigenvalue weighted by Crippen LogP contribution is -2.51. The summed E-state index contributed by atoms with van der Waals surface area (Å²) >= 11 is 0. The largest absolute Gasteiger partial charge is 0.378 e. The molecule has 0 atom stereocenters. The standard InChI is InChI=1S/C14H20N8O2/c23-14(21-7-9-24-10-8-21)11-19-3-5-20(6-4-19)13-2-1-12-15-17-18-22(12)16-13/h1-2H,3-11H2. The summed E-state index contributed by atoms with van der Waals surface area (Å²) in [6.45, 7) is 6.51. The van der Waals surface area contributed by atoms with Crippen LogP contribution < -0.4 is 4.90 Å². The van der Waals surface area contributed by atoms with Crippen LogP contribution >= 0.6 is 0 Å². The number of carbonyl (C=O) groups excluding carboxylic acids is 1. The first-order valence-electron chi connectivity index (χ1n) is 8.18. The molecule has 0 unspecified atom stereocenters. The fourth-order valence-electron chi connectivity index (χ4n) is 3.05. The topological polar surface area (TPSA) is 92.0 Å². The molecular weight excluding hydrogens is 312 g/mol. The van der Waals surface area contributed by atoms with Crippen LogP contribution in [0.1, 0.15) is 0 Å². The molecule has 10 heteroatoms. The second-order valence-electron chi connectivity index (χ2n) is 5.97. The van der Waals surface area contributed by atoms with Crippen LogP contribution in [0.25, 0.3) is 5.65 Å². The van der Waals surface area contributed by atoms with E-state index in [1.807, 2.05) is 17.0 Å². The van der Waals surface area contributed by atoms with Gasteiger partial charge in [-0.05, 0) is 22.6 Å². The van der Waals surface area contributed by atoms with Gasteiger partial charge in [0.15, 0.2) is 11.5 Å². The van der Waals surface area contributed by atoms with Gasteiger partial charge in [0.05, 0.1) is 19.8 Å². The van der Waals surface area contributed by atoms with Crippen LogP contribution in [0.5, 0.6) is 0 Å². The Bertz CT molecular complexity index is 706. The number of morpholine rings is 1. The van der Waals surface area contributed by atoms with E-state index < -0.39 is 0 Å². The highest BCUT2D eigenvalue weighted by molar-refractivity contribution is 5.78. The SMILES string of the molecule is O=C(CN1CCN(c2ccc3nnnn3n2)CC1)N1CCOCC1. The number of ether oxygens (including phenoxy) is 1. The molecule has 0 aliphatic carbocycles. The monoisotopic (exact) mass is 332 g/mol. The molecule has 2 aliphatic rings. The van der Waals surface area contributed by atoms with Crippen LogP contribution in [0, 0.1) is 0 Å². The predicted molar refractivity (Wildman–Crippen MR) is 84.6 cm³/mol. The summed E-state index contributed by atoms with van der Waals surface area (Å²) in [5.74, 6) is 1.05. The van der Waals surface area contributed by atoms with Crippen LogP contribution in [-0.4, -0.2) is 100.0 Å². The minimum absolute atomic E-state index is 0.194. The van der Waals surface area contributed by atoms with Crippen molar-refractivity contribution in [2.45, 2.75) is 0 Å². The van der Waals surface area contributed by atoms with Crippen molar-refractivity contribution < 1.29 is 9.53 Å². The third-order valence-electron chi connectivity index (χ3n) is 4.47. The van der Waals surface area contributed by atoms with Gasteiger partial charge < -0.3 is 14.5 Å². The highest BCUT2D eigenvalue weighted by Crippen LogP contribution is 2.13.